The summed E-state index contributed by atoms with van der Waals surface area (Å²) in [7, 11) is 1.79. The number of rotatable bonds is 3. The Morgan fingerprint density at radius 1 is 1.32 bits per heavy atom. The van der Waals surface area contributed by atoms with E-state index < -0.39 is 6.04 Å². The van der Waals surface area contributed by atoms with Gasteiger partial charge in [0.2, 0.25) is 5.91 Å². The molecule has 0 bridgehead atoms. The predicted octanol–water partition coefficient (Wildman–Crippen LogP) is 2.21. The summed E-state index contributed by atoms with van der Waals surface area (Å²) in [6, 6.07) is -0.401. The van der Waals surface area contributed by atoms with E-state index in [0.717, 1.165) is 54.2 Å². The number of carbonyl (C=O) groups is 2. The Morgan fingerprint density at radius 2 is 2.11 bits per heavy atom. The molecule has 0 radical (unpaired) electrons. The summed E-state index contributed by atoms with van der Waals surface area (Å²) in [5.74, 6) is 0.874. The Labute approximate surface area is 168 Å². The van der Waals surface area contributed by atoms with Gasteiger partial charge >= 0.3 is 0 Å². The van der Waals surface area contributed by atoms with Crippen LogP contribution in [0.2, 0.25) is 0 Å². The number of fused-ring (bicyclic) bond motifs is 1. The molecule has 2 aromatic rings. The van der Waals surface area contributed by atoms with Gasteiger partial charge in [0, 0.05) is 55.6 Å². The first-order valence-corrected chi connectivity index (χ1v) is 10.5. The van der Waals surface area contributed by atoms with Crippen LogP contribution >= 0.6 is 11.3 Å². The molecule has 4 rings (SSSR count). The van der Waals surface area contributed by atoms with E-state index in [1.54, 1.807) is 28.2 Å². The Morgan fingerprint density at radius 3 is 2.82 bits per heavy atom. The molecule has 0 aliphatic carbocycles. The van der Waals surface area contributed by atoms with Gasteiger partial charge in [-0.25, -0.2) is 0 Å². The molecule has 2 aliphatic rings. The van der Waals surface area contributed by atoms with Crippen molar-refractivity contribution in [3.8, 4) is 0 Å². The average Bonchev–Trinajstić information content (AvgIpc) is 3.24. The molecule has 1 saturated heterocycles. The van der Waals surface area contributed by atoms with Crippen LogP contribution in [-0.2, 0) is 24.3 Å². The Bertz CT molecular complexity index is 899. The third-order valence-corrected chi connectivity index (χ3v) is 6.97. The molecule has 2 amide bonds. The number of aromatic nitrogens is 1. The zero-order chi connectivity index (χ0) is 20.0. The molecule has 0 aromatic carbocycles. The van der Waals surface area contributed by atoms with Gasteiger partial charge in [0.05, 0.1) is 11.3 Å². The van der Waals surface area contributed by atoms with Crippen molar-refractivity contribution in [2.75, 3.05) is 26.7 Å². The van der Waals surface area contributed by atoms with Gasteiger partial charge in [-0.3, -0.25) is 14.5 Å². The van der Waals surface area contributed by atoms with E-state index in [1.807, 2.05) is 26.2 Å². The van der Waals surface area contributed by atoms with Crippen LogP contribution in [0.25, 0.3) is 0 Å². The average molecular weight is 403 g/mol. The lowest BCUT2D eigenvalue weighted by Gasteiger charge is -2.37. The highest BCUT2D eigenvalue weighted by molar-refractivity contribution is 7.10. The number of hydrogen-bond acceptors (Lipinski definition) is 6. The molecule has 7 nitrogen and oxygen atoms in total. The second-order valence-corrected chi connectivity index (χ2v) is 8.71. The lowest BCUT2D eigenvalue weighted by molar-refractivity contribution is -0.137. The first-order valence-electron chi connectivity index (χ1n) is 9.66. The molecule has 1 fully saturated rings. The molecule has 1 atom stereocenters. The first-order chi connectivity index (χ1) is 13.4. The quantitative estimate of drug-likeness (QED) is 0.787. The molecule has 2 aliphatic heterocycles. The summed E-state index contributed by atoms with van der Waals surface area (Å²) >= 11 is 1.65. The molecular formula is C20H26N4O3S. The molecule has 28 heavy (non-hydrogen) atoms. The highest BCUT2D eigenvalue weighted by atomic mass is 32.1. The summed E-state index contributed by atoms with van der Waals surface area (Å²) in [6.07, 6.45) is 0.847. The molecule has 150 valence electrons. The van der Waals surface area contributed by atoms with Crippen LogP contribution in [0.4, 0.5) is 0 Å². The molecule has 0 spiro atoms. The fourth-order valence-electron chi connectivity index (χ4n) is 4.09. The maximum Gasteiger partial charge on any atom is 0.255 e. The zero-order valence-electron chi connectivity index (χ0n) is 16.8. The second-order valence-electron chi connectivity index (χ2n) is 7.75. The van der Waals surface area contributed by atoms with Crippen LogP contribution < -0.4 is 0 Å². The number of likely N-dealkylation sites (N-methyl/N-ethyl adjacent to an activating group) is 1. The molecule has 4 heterocycles. The Kier molecular flexibility index (Phi) is 5.01. The van der Waals surface area contributed by atoms with Crippen LogP contribution in [0, 0.1) is 13.8 Å². The van der Waals surface area contributed by atoms with Gasteiger partial charge in [-0.1, -0.05) is 5.16 Å². The van der Waals surface area contributed by atoms with Gasteiger partial charge in [-0.05, 0) is 32.8 Å². The minimum Gasteiger partial charge on any atom is -0.361 e. The summed E-state index contributed by atoms with van der Waals surface area (Å²) in [6.45, 7) is 9.45. The third-order valence-electron chi connectivity index (χ3n) is 5.96. The lowest BCUT2D eigenvalue weighted by Crippen LogP contribution is -2.56. The number of thiophene rings is 1. The van der Waals surface area contributed by atoms with Crippen molar-refractivity contribution < 1.29 is 14.1 Å². The van der Waals surface area contributed by atoms with Gasteiger partial charge in [0.1, 0.15) is 11.8 Å². The summed E-state index contributed by atoms with van der Waals surface area (Å²) in [4.78, 5) is 32.5. The van der Waals surface area contributed by atoms with Crippen LogP contribution in [0.3, 0.4) is 0 Å². The van der Waals surface area contributed by atoms with Gasteiger partial charge in [-0.15, -0.1) is 11.3 Å². The zero-order valence-corrected chi connectivity index (χ0v) is 17.6. The van der Waals surface area contributed by atoms with Crippen molar-refractivity contribution >= 4 is 23.2 Å². The van der Waals surface area contributed by atoms with Crippen molar-refractivity contribution in [2.24, 2.45) is 0 Å². The number of piperazine rings is 1. The van der Waals surface area contributed by atoms with Crippen LogP contribution in [-0.4, -0.2) is 64.4 Å². The monoisotopic (exact) mass is 402 g/mol. The van der Waals surface area contributed by atoms with Gasteiger partial charge < -0.3 is 14.3 Å². The minimum atomic E-state index is -0.401. The SMILES string of the molecule is Cc1noc(C)c1CN1CCc2c(C(=O)N3CCN(C)C(=O)[C@H]3C)csc2C1. The maximum absolute atomic E-state index is 13.2. The second kappa shape index (κ2) is 7.33. The standard InChI is InChI=1S/C20H26N4O3S/c1-12-16(14(3)27-21-12)9-23-6-5-15-17(11-28-18(15)10-23)20(26)24-8-7-22(4)19(25)13(24)2/h11,13H,5-10H2,1-4H3/t13-/m1/s1. The van der Waals surface area contributed by atoms with Crippen molar-refractivity contribution in [3.05, 3.63) is 38.4 Å². The number of nitrogens with zero attached hydrogens (tertiary/aromatic N) is 4. The number of hydrogen-bond donors (Lipinski definition) is 0. The van der Waals surface area contributed by atoms with Gasteiger partial charge in [0.25, 0.3) is 5.91 Å². The van der Waals surface area contributed by atoms with Crippen molar-refractivity contribution in [1.82, 2.24) is 19.9 Å². The fourth-order valence-corrected chi connectivity index (χ4v) is 5.21. The molecular weight excluding hydrogens is 376 g/mol. The largest absolute Gasteiger partial charge is 0.361 e. The molecule has 2 aromatic heterocycles. The van der Waals surface area contributed by atoms with Crippen molar-refractivity contribution in [2.45, 2.75) is 46.3 Å². The van der Waals surface area contributed by atoms with E-state index in [1.165, 1.54) is 4.88 Å². The summed E-state index contributed by atoms with van der Waals surface area (Å²) < 4.78 is 5.28. The highest BCUT2D eigenvalue weighted by Crippen LogP contribution is 2.31. The maximum atomic E-state index is 13.2. The Balaban J connectivity index is 1.49. The topological polar surface area (TPSA) is 69.9 Å². The normalized spacial score (nSPS) is 20.6. The summed E-state index contributed by atoms with van der Waals surface area (Å²) in [5.41, 5.74) is 4.03. The lowest BCUT2D eigenvalue weighted by atomic mass is 10.0. The predicted molar refractivity (Wildman–Crippen MR) is 106 cm³/mol. The smallest absolute Gasteiger partial charge is 0.255 e. The van der Waals surface area contributed by atoms with E-state index in [4.69, 9.17) is 4.52 Å². The van der Waals surface area contributed by atoms with E-state index in [2.05, 4.69) is 10.1 Å². The number of carbonyl (C=O) groups excluding carboxylic acids is 2. The number of amides is 2. The van der Waals surface area contributed by atoms with E-state index in [0.29, 0.717) is 13.1 Å². The van der Waals surface area contributed by atoms with Crippen LogP contribution in [0.15, 0.2) is 9.90 Å². The fraction of sp³-hybridized carbons (Fsp3) is 0.550. The van der Waals surface area contributed by atoms with E-state index in [9.17, 15) is 9.59 Å². The van der Waals surface area contributed by atoms with Crippen LogP contribution in [0.5, 0.6) is 0 Å². The van der Waals surface area contributed by atoms with Gasteiger partial charge in [0.15, 0.2) is 0 Å². The van der Waals surface area contributed by atoms with Crippen molar-refractivity contribution in [3.63, 3.8) is 0 Å². The van der Waals surface area contributed by atoms with E-state index >= 15 is 0 Å². The highest BCUT2D eigenvalue weighted by Gasteiger charge is 2.35. The van der Waals surface area contributed by atoms with Crippen molar-refractivity contribution in [1.29, 1.82) is 0 Å². The molecule has 0 saturated carbocycles. The summed E-state index contributed by atoms with van der Waals surface area (Å²) in [5, 5.41) is 6.02. The van der Waals surface area contributed by atoms with Gasteiger partial charge in [-0.2, -0.15) is 0 Å². The first kappa shape index (κ1) is 19.1. The third kappa shape index (κ3) is 3.24. The van der Waals surface area contributed by atoms with E-state index in [-0.39, 0.29) is 11.8 Å². The molecule has 8 heteroatoms. The number of aryl methyl sites for hydroxylation is 2. The minimum absolute atomic E-state index is 0.00864. The van der Waals surface area contributed by atoms with Crippen LogP contribution in [0.1, 0.15) is 44.7 Å². The Hall–Kier alpha value is -2.19. The molecule has 0 unspecified atom stereocenters. The molecule has 0 N–H and O–H groups in total.